The first kappa shape index (κ1) is 12.3. The minimum atomic E-state index is -4.23. The molecule has 4 fully saturated rings. The van der Waals surface area contributed by atoms with Crippen molar-refractivity contribution in [1.29, 1.82) is 0 Å². The Hall–Kier alpha value is -0.780. The van der Waals surface area contributed by atoms with Crippen molar-refractivity contribution in [1.82, 2.24) is 0 Å². The summed E-state index contributed by atoms with van der Waals surface area (Å²) in [6.07, 6.45) is -3.20. The summed E-state index contributed by atoms with van der Waals surface area (Å²) in [7, 11) is 0. The van der Waals surface area contributed by atoms with Gasteiger partial charge in [-0.2, -0.15) is 13.2 Å². The van der Waals surface area contributed by atoms with Crippen molar-refractivity contribution in [2.24, 2.45) is 28.9 Å². The summed E-state index contributed by atoms with van der Waals surface area (Å²) in [4.78, 5) is 11.4. The maximum absolute atomic E-state index is 13.3. The first-order valence-corrected chi connectivity index (χ1v) is 6.28. The largest absolute Gasteiger partial charge is 0.480 e. The summed E-state index contributed by atoms with van der Waals surface area (Å²) in [5.41, 5.74) is 2.87. The molecule has 0 spiro atoms. The van der Waals surface area contributed by atoms with Crippen LogP contribution in [0.2, 0.25) is 0 Å². The van der Waals surface area contributed by atoms with Crippen LogP contribution < -0.4 is 5.73 Å². The summed E-state index contributed by atoms with van der Waals surface area (Å²) in [6, 6.07) is 0. The normalized spacial score (nSPS) is 50.6. The molecule has 0 aromatic rings. The minimum absolute atomic E-state index is 0.000139. The molecule has 2 atom stereocenters. The Kier molecular flexibility index (Phi) is 2.19. The van der Waals surface area contributed by atoms with Gasteiger partial charge in [0.25, 0.3) is 0 Å². The molecule has 0 aromatic carbocycles. The summed E-state index contributed by atoms with van der Waals surface area (Å²) >= 11 is 0. The van der Waals surface area contributed by atoms with Gasteiger partial charge in [-0.05, 0) is 49.9 Å². The topological polar surface area (TPSA) is 63.3 Å². The van der Waals surface area contributed by atoms with Gasteiger partial charge in [-0.1, -0.05) is 0 Å². The van der Waals surface area contributed by atoms with E-state index >= 15 is 0 Å². The van der Waals surface area contributed by atoms with Crippen LogP contribution in [0, 0.1) is 23.2 Å². The van der Waals surface area contributed by atoms with E-state index in [4.69, 9.17) is 5.73 Å². The number of carbonyl (C=O) groups is 1. The number of alkyl halides is 3. The molecule has 0 heterocycles. The van der Waals surface area contributed by atoms with Gasteiger partial charge in [0.2, 0.25) is 0 Å². The average molecular weight is 263 g/mol. The van der Waals surface area contributed by atoms with Crippen LogP contribution >= 0.6 is 0 Å². The van der Waals surface area contributed by atoms with Crippen LogP contribution in [0.3, 0.4) is 0 Å². The van der Waals surface area contributed by atoms with Crippen molar-refractivity contribution in [3.05, 3.63) is 0 Å². The van der Waals surface area contributed by atoms with Crippen molar-refractivity contribution in [3.8, 4) is 0 Å². The molecule has 6 heteroatoms. The van der Waals surface area contributed by atoms with E-state index in [9.17, 15) is 23.1 Å². The van der Waals surface area contributed by atoms with E-state index < -0.39 is 34.9 Å². The van der Waals surface area contributed by atoms with Crippen LogP contribution in [0.5, 0.6) is 0 Å². The van der Waals surface area contributed by atoms with E-state index in [1.54, 1.807) is 0 Å². The molecular formula is C12H16F3NO2. The predicted molar refractivity (Wildman–Crippen MR) is 56.6 cm³/mol. The molecule has 3 N–H and O–H groups in total. The molecule has 4 saturated carbocycles. The Bertz CT molecular complexity index is 391. The van der Waals surface area contributed by atoms with Crippen LogP contribution in [0.15, 0.2) is 0 Å². The molecule has 0 aliphatic heterocycles. The highest BCUT2D eigenvalue weighted by atomic mass is 19.4. The highest BCUT2D eigenvalue weighted by Gasteiger charge is 2.70. The lowest BCUT2D eigenvalue weighted by molar-refractivity contribution is -0.283. The van der Waals surface area contributed by atoms with Crippen molar-refractivity contribution in [3.63, 3.8) is 0 Å². The van der Waals surface area contributed by atoms with Crippen LogP contribution in [0.1, 0.15) is 32.1 Å². The number of nitrogens with two attached hydrogens (primary N) is 1. The highest BCUT2D eigenvalue weighted by Crippen LogP contribution is 2.67. The Morgan fingerprint density at radius 1 is 1.17 bits per heavy atom. The molecule has 0 amide bonds. The number of aliphatic carboxylic acids is 1. The minimum Gasteiger partial charge on any atom is -0.480 e. The summed E-state index contributed by atoms with van der Waals surface area (Å²) < 4.78 is 39.8. The molecule has 0 saturated heterocycles. The Labute approximate surface area is 103 Å². The second-order valence-corrected chi connectivity index (χ2v) is 6.36. The molecule has 0 radical (unpaired) electrons. The van der Waals surface area contributed by atoms with Gasteiger partial charge in [0, 0.05) is 0 Å². The fourth-order valence-electron chi connectivity index (χ4n) is 4.74. The molecule has 3 nitrogen and oxygen atoms in total. The maximum atomic E-state index is 13.3. The molecule has 0 unspecified atom stereocenters. The zero-order valence-electron chi connectivity index (χ0n) is 9.83. The second kappa shape index (κ2) is 3.21. The number of carboxylic acid groups (broad SMARTS) is 1. The van der Waals surface area contributed by atoms with Crippen molar-refractivity contribution in [2.75, 3.05) is 0 Å². The number of halogens is 3. The number of hydrogen-bond acceptors (Lipinski definition) is 2. The zero-order chi connectivity index (χ0) is 13.3. The number of carboxylic acids is 1. The first-order chi connectivity index (χ1) is 8.19. The first-order valence-electron chi connectivity index (χ1n) is 6.28. The van der Waals surface area contributed by atoms with Crippen molar-refractivity contribution < 1.29 is 23.1 Å². The smallest absolute Gasteiger partial charge is 0.394 e. The van der Waals surface area contributed by atoms with E-state index in [1.165, 1.54) is 0 Å². The third-order valence-corrected chi connectivity index (χ3v) is 5.51. The lowest BCUT2D eigenvalue weighted by Crippen LogP contribution is -2.71. The standard InChI is InChI=1S/C12H16F3NO2/c13-12(14,15)10-3-6-1-7(4-10)11(16,9(17)18)8(2-6)5-10/h6-8H,1-5,16H2,(H,17,18)/t6?,7-,8-,10?,11?/m0/s1. The second-order valence-electron chi connectivity index (χ2n) is 6.36. The van der Waals surface area contributed by atoms with Gasteiger partial charge >= 0.3 is 12.1 Å². The molecular weight excluding hydrogens is 247 g/mol. The van der Waals surface area contributed by atoms with E-state index in [1.807, 2.05) is 0 Å². The van der Waals surface area contributed by atoms with Crippen LogP contribution in [-0.2, 0) is 4.79 Å². The maximum Gasteiger partial charge on any atom is 0.394 e. The average Bonchev–Trinajstić information content (AvgIpc) is 2.22. The third kappa shape index (κ3) is 1.27. The molecule has 4 aliphatic carbocycles. The van der Waals surface area contributed by atoms with E-state index in [2.05, 4.69) is 0 Å². The SMILES string of the molecule is NC1(C(=O)O)[C@H]2CC3C[C@H]1CC(C(F)(F)F)(C3)C2. The predicted octanol–water partition coefficient (Wildman–Crippen LogP) is 2.16. The lowest BCUT2D eigenvalue weighted by Gasteiger charge is -2.62. The van der Waals surface area contributed by atoms with Crippen LogP contribution in [0.25, 0.3) is 0 Å². The van der Waals surface area contributed by atoms with Gasteiger partial charge in [-0.15, -0.1) is 0 Å². The quantitative estimate of drug-likeness (QED) is 0.762. The van der Waals surface area contributed by atoms with Crippen molar-refractivity contribution in [2.45, 2.75) is 43.8 Å². The molecule has 4 rings (SSSR count). The van der Waals surface area contributed by atoms with Gasteiger partial charge in [0.15, 0.2) is 0 Å². The molecule has 102 valence electrons. The summed E-state index contributed by atoms with van der Waals surface area (Å²) in [6.45, 7) is 0. The third-order valence-electron chi connectivity index (χ3n) is 5.51. The van der Waals surface area contributed by atoms with E-state index in [0.717, 1.165) is 0 Å². The van der Waals surface area contributed by atoms with E-state index in [0.29, 0.717) is 12.8 Å². The zero-order valence-corrected chi connectivity index (χ0v) is 9.83. The summed E-state index contributed by atoms with van der Waals surface area (Å²) in [5, 5.41) is 9.28. The number of rotatable bonds is 1. The molecule has 4 bridgehead atoms. The molecule has 18 heavy (non-hydrogen) atoms. The Morgan fingerprint density at radius 2 is 1.67 bits per heavy atom. The van der Waals surface area contributed by atoms with Crippen LogP contribution in [-0.4, -0.2) is 22.8 Å². The van der Waals surface area contributed by atoms with Crippen LogP contribution in [0.4, 0.5) is 13.2 Å². The fourth-order valence-corrected chi connectivity index (χ4v) is 4.74. The lowest BCUT2D eigenvalue weighted by atomic mass is 9.43. The summed E-state index contributed by atoms with van der Waals surface area (Å²) in [5.74, 6) is -2.18. The molecule has 0 aromatic heterocycles. The van der Waals surface area contributed by atoms with Gasteiger partial charge in [0.1, 0.15) is 5.54 Å². The number of hydrogen-bond donors (Lipinski definition) is 2. The van der Waals surface area contributed by atoms with Gasteiger partial charge in [-0.25, -0.2) is 0 Å². The van der Waals surface area contributed by atoms with Gasteiger partial charge in [0.05, 0.1) is 5.41 Å². The Balaban J connectivity index is 2.01. The monoisotopic (exact) mass is 263 g/mol. The molecule has 4 aliphatic rings. The van der Waals surface area contributed by atoms with Crippen molar-refractivity contribution >= 4 is 5.97 Å². The van der Waals surface area contributed by atoms with E-state index in [-0.39, 0.29) is 25.2 Å². The highest BCUT2D eigenvalue weighted by molar-refractivity contribution is 5.80. The van der Waals surface area contributed by atoms with Gasteiger partial charge in [-0.3, -0.25) is 4.79 Å². The van der Waals surface area contributed by atoms with Gasteiger partial charge < -0.3 is 10.8 Å². The fraction of sp³-hybridized carbons (Fsp3) is 0.917. The Morgan fingerprint density at radius 3 is 2.06 bits per heavy atom.